The monoisotopic (exact) mass is 295 g/mol. The fourth-order valence-electron chi connectivity index (χ4n) is 1.62. The van der Waals surface area contributed by atoms with E-state index in [1.54, 1.807) is 7.11 Å². The predicted molar refractivity (Wildman–Crippen MR) is 81.4 cm³/mol. The first-order chi connectivity index (χ1) is 10.3. The highest BCUT2D eigenvalue weighted by molar-refractivity contribution is 5.71. The van der Waals surface area contributed by atoms with Crippen LogP contribution in [0.1, 0.15) is 25.3 Å². The molecule has 0 saturated carbocycles. The smallest absolute Gasteiger partial charge is 0.344 e. The zero-order valence-corrected chi connectivity index (χ0v) is 12.9. The van der Waals surface area contributed by atoms with Gasteiger partial charge in [-0.2, -0.15) is 0 Å². The molecular weight excluding hydrogens is 270 g/mol. The summed E-state index contributed by atoms with van der Waals surface area (Å²) in [6.07, 6.45) is 1.89. The molecule has 21 heavy (non-hydrogen) atoms. The van der Waals surface area contributed by atoms with Gasteiger partial charge >= 0.3 is 5.97 Å². The molecule has 0 heterocycles. The highest BCUT2D eigenvalue weighted by Gasteiger charge is 2.04. The van der Waals surface area contributed by atoms with Crippen LogP contribution in [0.25, 0.3) is 0 Å². The van der Waals surface area contributed by atoms with E-state index < -0.39 is 0 Å². The minimum atomic E-state index is -0.325. The van der Waals surface area contributed by atoms with Crippen molar-refractivity contribution >= 4 is 5.97 Å². The number of nitrogens with one attached hydrogen (secondary N) is 1. The topological polar surface area (TPSA) is 56.8 Å². The van der Waals surface area contributed by atoms with Crippen molar-refractivity contribution in [3.63, 3.8) is 0 Å². The first kappa shape index (κ1) is 17.5. The van der Waals surface area contributed by atoms with Gasteiger partial charge in [0.2, 0.25) is 0 Å². The third-order valence-corrected chi connectivity index (χ3v) is 2.85. The molecule has 0 saturated heterocycles. The zero-order valence-electron chi connectivity index (χ0n) is 12.9. The maximum atomic E-state index is 11.4. The fourth-order valence-corrected chi connectivity index (χ4v) is 1.62. The standard InChI is InChI=1S/C16H25NO4/c1-3-4-10-20-16(18)13-21-15-7-5-14(6-8-15)12-17-9-11-19-2/h5-8,17H,3-4,9-13H2,1-2H3. The molecule has 1 N–H and O–H groups in total. The third-order valence-electron chi connectivity index (χ3n) is 2.85. The number of esters is 1. The summed E-state index contributed by atoms with van der Waals surface area (Å²) in [4.78, 5) is 11.4. The van der Waals surface area contributed by atoms with Crippen molar-refractivity contribution in [2.45, 2.75) is 26.3 Å². The zero-order chi connectivity index (χ0) is 15.3. The highest BCUT2D eigenvalue weighted by atomic mass is 16.6. The molecular formula is C16H25NO4. The molecule has 0 aliphatic heterocycles. The largest absolute Gasteiger partial charge is 0.482 e. The molecule has 0 bridgehead atoms. The van der Waals surface area contributed by atoms with Crippen LogP contribution in [0, 0.1) is 0 Å². The van der Waals surface area contributed by atoms with E-state index in [0.29, 0.717) is 19.0 Å². The van der Waals surface area contributed by atoms with Gasteiger partial charge in [0.25, 0.3) is 0 Å². The number of benzene rings is 1. The summed E-state index contributed by atoms with van der Waals surface area (Å²) >= 11 is 0. The Bertz CT molecular complexity index is 392. The molecule has 0 atom stereocenters. The van der Waals surface area contributed by atoms with E-state index in [0.717, 1.165) is 31.5 Å². The van der Waals surface area contributed by atoms with Crippen molar-refractivity contribution in [2.75, 3.05) is 33.5 Å². The first-order valence-electron chi connectivity index (χ1n) is 7.33. The van der Waals surface area contributed by atoms with Crippen LogP contribution in [0.5, 0.6) is 5.75 Å². The van der Waals surface area contributed by atoms with Gasteiger partial charge in [0.1, 0.15) is 5.75 Å². The van der Waals surface area contributed by atoms with Crippen LogP contribution in [-0.4, -0.2) is 39.4 Å². The predicted octanol–water partition coefficient (Wildman–Crippen LogP) is 2.14. The molecule has 0 aromatic heterocycles. The van der Waals surface area contributed by atoms with Crippen LogP contribution < -0.4 is 10.1 Å². The maximum Gasteiger partial charge on any atom is 0.344 e. The van der Waals surface area contributed by atoms with Gasteiger partial charge in [0.15, 0.2) is 6.61 Å². The number of carbonyl (C=O) groups is 1. The molecule has 0 spiro atoms. The van der Waals surface area contributed by atoms with Gasteiger partial charge in [-0.3, -0.25) is 0 Å². The van der Waals surface area contributed by atoms with Crippen molar-refractivity contribution in [2.24, 2.45) is 0 Å². The molecule has 5 heteroatoms. The summed E-state index contributed by atoms with van der Waals surface area (Å²) in [6.45, 7) is 4.76. The van der Waals surface area contributed by atoms with Crippen molar-refractivity contribution < 1.29 is 19.0 Å². The van der Waals surface area contributed by atoms with E-state index in [1.807, 2.05) is 24.3 Å². The number of methoxy groups -OCH3 is 1. The summed E-state index contributed by atoms with van der Waals surface area (Å²) in [7, 11) is 1.68. The highest BCUT2D eigenvalue weighted by Crippen LogP contribution is 2.12. The van der Waals surface area contributed by atoms with Gasteiger partial charge in [0.05, 0.1) is 13.2 Å². The van der Waals surface area contributed by atoms with Crippen LogP contribution in [0.3, 0.4) is 0 Å². The van der Waals surface area contributed by atoms with Gasteiger partial charge < -0.3 is 19.5 Å². The van der Waals surface area contributed by atoms with E-state index in [9.17, 15) is 4.79 Å². The number of hydrogen-bond donors (Lipinski definition) is 1. The van der Waals surface area contributed by atoms with Crippen LogP contribution in [0.15, 0.2) is 24.3 Å². The molecule has 1 aromatic carbocycles. The number of ether oxygens (including phenoxy) is 3. The number of rotatable bonds is 11. The van der Waals surface area contributed by atoms with E-state index >= 15 is 0 Å². The first-order valence-corrected chi connectivity index (χ1v) is 7.33. The third kappa shape index (κ3) is 8.32. The van der Waals surface area contributed by atoms with Crippen molar-refractivity contribution in [3.8, 4) is 5.75 Å². The summed E-state index contributed by atoms with van der Waals surface area (Å²) in [5.74, 6) is 0.344. The van der Waals surface area contributed by atoms with Crippen LogP contribution in [0.2, 0.25) is 0 Å². The molecule has 0 aliphatic rings. The summed E-state index contributed by atoms with van der Waals surface area (Å²) in [5.41, 5.74) is 1.16. The van der Waals surface area contributed by atoms with Gasteiger partial charge in [-0.25, -0.2) is 4.79 Å². The van der Waals surface area contributed by atoms with Crippen LogP contribution in [-0.2, 0) is 20.8 Å². The molecule has 5 nitrogen and oxygen atoms in total. The minimum absolute atomic E-state index is 0.0465. The van der Waals surface area contributed by atoms with E-state index in [4.69, 9.17) is 14.2 Å². The van der Waals surface area contributed by atoms with E-state index in [1.165, 1.54) is 0 Å². The maximum absolute atomic E-state index is 11.4. The molecule has 1 aromatic rings. The Morgan fingerprint density at radius 3 is 2.62 bits per heavy atom. The molecule has 0 fully saturated rings. The Kier molecular flexibility index (Phi) is 9.24. The molecule has 0 unspecified atom stereocenters. The van der Waals surface area contributed by atoms with Crippen molar-refractivity contribution in [1.29, 1.82) is 0 Å². The number of carbonyl (C=O) groups excluding carboxylic acids is 1. The second kappa shape index (κ2) is 11.1. The normalized spacial score (nSPS) is 10.4. The SMILES string of the molecule is CCCCOC(=O)COc1ccc(CNCCOC)cc1. The lowest BCUT2D eigenvalue weighted by atomic mass is 10.2. The Morgan fingerprint density at radius 2 is 1.95 bits per heavy atom. The summed E-state index contributed by atoms with van der Waals surface area (Å²) in [5, 5.41) is 3.26. The van der Waals surface area contributed by atoms with Crippen molar-refractivity contribution in [1.82, 2.24) is 5.32 Å². The molecule has 118 valence electrons. The van der Waals surface area contributed by atoms with Crippen molar-refractivity contribution in [3.05, 3.63) is 29.8 Å². The van der Waals surface area contributed by atoms with Crippen LogP contribution in [0.4, 0.5) is 0 Å². The minimum Gasteiger partial charge on any atom is -0.482 e. The molecule has 0 aliphatic carbocycles. The number of unbranched alkanes of at least 4 members (excludes halogenated alkanes) is 1. The lowest BCUT2D eigenvalue weighted by Crippen LogP contribution is -2.18. The number of hydrogen-bond acceptors (Lipinski definition) is 5. The van der Waals surface area contributed by atoms with E-state index in [2.05, 4.69) is 12.2 Å². The quantitative estimate of drug-likeness (QED) is 0.501. The Morgan fingerprint density at radius 1 is 1.19 bits per heavy atom. The Balaban J connectivity index is 2.22. The second-order valence-electron chi connectivity index (χ2n) is 4.68. The lowest BCUT2D eigenvalue weighted by molar-refractivity contribution is -0.146. The van der Waals surface area contributed by atoms with Gasteiger partial charge in [-0.1, -0.05) is 25.5 Å². The average Bonchev–Trinajstić information content (AvgIpc) is 2.51. The van der Waals surface area contributed by atoms with Crippen LogP contribution >= 0.6 is 0 Å². The second-order valence-corrected chi connectivity index (χ2v) is 4.68. The van der Waals surface area contributed by atoms with Gasteiger partial charge in [-0.15, -0.1) is 0 Å². The van der Waals surface area contributed by atoms with Gasteiger partial charge in [-0.05, 0) is 24.1 Å². The molecule has 0 radical (unpaired) electrons. The lowest BCUT2D eigenvalue weighted by Gasteiger charge is -2.08. The fraction of sp³-hybridized carbons (Fsp3) is 0.562. The summed E-state index contributed by atoms with van der Waals surface area (Å²) in [6, 6.07) is 7.65. The Labute approximate surface area is 126 Å². The van der Waals surface area contributed by atoms with Gasteiger partial charge in [0, 0.05) is 20.2 Å². The Hall–Kier alpha value is -1.59. The molecule has 1 rings (SSSR count). The average molecular weight is 295 g/mol. The van der Waals surface area contributed by atoms with E-state index in [-0.39, 0.29) is 12.6 Å². The summed E-state index contributed by atoms with van der Waals surface area (Å²) < 4.78 is 15.4. The molecule has 0 amide bonds.